The van der Waals surface area contributed by atoms with Gasteiger partial charge in [-0.3, -0.25) is 4.79 Å². The van der Waals surface area contributed by atoms with Crippen LogP contribution in [0.3, 0.4) is 0 Å². The summed E-state index contributed by atoms with van der Waals surface area (Å²) in [5.41, 5.74) is 0.383. The molecule has 0 fully saturated rings. The second-order valence-corrected chi connectivity index (χ2v) is 6.45. The lowest BCUT2D eigenvalue weighted by Crippen LogP contribution is -2.30. The molecule has 19 heavy (non-hydrogen) atoms. The molecule has 0 saturated heterocycles. The van der Waals surface area contributed by atoms with E-state index in [1.807, 2.05) is 4.72 Å². The van der Waals surface area contributed by atoms with Gasteiger partial charge in [-0.05, 0) is 42.7 Å². The van der Waals surface area contributed by atoms with Crippen LogP contribution in [-0.2, 0) is 10.0 Å². The molecule has 2 aromatic rings. The lowest BCUT2D eigenvalue weighted by molar-refractivity contribution is 0.0984. The first kappa shape index (κ1) is 13.9. The summed E-state index contributed by atoms with van der Waals surface area (Å²) in [6.45, 7) is 1.58. The minimum atomic E-state index is -3.93. The molecule has 0 atom stereocenters. The largest absolute Gasteiger partial charge is 0.278 e. The van der Waals surface area contributed by atoms with Crippen LogP contribution in [0.5, 0.6) is 0 Å². The quantitative estimate of drug-likeness (QED) is 0.929. The Bertz CT molecular complexity index is 710. The van der Waals surface area contributed by atoms with E-state index in [1.165, 1.54) is 24.3 Å². The number of rotatable bonds is 3. The lowest BCUT2D eigenvalue weighted by Gasteiger charge is -2.05. The van der Waals surface area contributed by atoms with E-state index in [9.17, 15) is 13.2 Å². The molecule has 1 aromatic carbocycles. The smallest absolute Gasteiger partial charge is 0.267 e. The average molecular weight is 318 g/mol. The summed E-state index contributed by atoms with van der Waals surface area (Å²) < 4.78 is 29.4. The zero-order valence-corrected chi connectivity index (χ0v) is 12.0. The number of aryl methyl sites for hydroxylation is 1. The Morgan fingerprint density at radius 3 is 2.47 bits per heavy atom. The number of hydrogen-bond acceptors (Lipinski definition) is 6. The maximum atomic E-state index is 11.9. The van der Waals surface area contributed by atoms with Gasteiger partial charge in [0.2, 0.25) is 0 Å². The minimum absolute atomic E-state index is 0.0413. The molecule has 1 heterocycles. The number of benzene rings is 1. The average Bonchev–Trinajstić information content (AvgIpc) is 2.75. The number of sulfonamides is 1. The molecule has 0 aliphatic carbocycles. The van der Waals surface area contributed by atoms with Crippen molar-refractivity contribution in [3.63, 3.8) is 0 Å². The summed E-state index contributed by atoms with van der Waals surface area (Å²) in [4.78, 5) is 11.9. The van der Waals surface area contributed by atoms with Crippen molar-refractivity contribution >= 4 is 39.1 Å². The normalized spacial score (nSPS) is 11.3. The summed E-state index contributed by atoms with van der Waals surface area (Å²) in [6, 6.07) is 5.49. The molecule has 2 rings (SSSR count). The second kappa shape index (κ2) is 5.24. The lowest BCUT2D eigenvalue weighted by atomic mass is 10.4. The molecule has 1 amide bonds. The highest BCUT2D eigenvalue weighted by atomic mass is 35.5. The second-order valence-electron chi connectivity index (χ2n) is 3.58. The van der Waals surface area contributed by atoms with Crippen molar-refractivity contribution in [1.29, 1.82) is 0 Å². The molecular formula is C10H8ClN3O3S2. The molecular weight excluding hydrogens is 310 g/mol. The Balaban J connectivity index is 2.25. The van der Waals surface area contributed by atoms with Crippen LogP contribution in [0.2, 0.25) is 5.02 Å². The highest BCUT2D eigenvalue weighted by Gasteiger charge is 2.21. The molecule has 0 saturated carbocycles. The van der Waals surface area contributed by atoms with Gasteiger partial charge in [-0.1, -0.05) is 16.1 Å². The predicted molar refractivity (Wildman–Crippen MR) is 70.8 cm³/mol. The highest BCUT2D eigenvalue weighted by Crippen LogP contribution is 2.15. The van der Waals surface area contributed by atoms with Crippen LogP contribution in [0.15, 0.2) is 29.2 Å². The fraction of sp³-hybridized carbons (Fsp3) is 0.100. The number of hydrogen-bond donors (Lipinski definition) is 1. The van der Waals surface area contributed by atoms with Crippen molar-refractivity contribution in [3.05, 3.63) is 39.9 Å². The number of halogens is 1. The molecule has 0 radical (unpaired) electrons. The number of nitrogens with one attached hydrogen (secondary N) is 1. The Labute approximate surface area is 118 Å². The summed E-state index contributed by atoms with van der Waals surface area (Å²) >= 11 is 6.51. The molecule has 6 nitrogen and oxygen atoms in total. The van der Waals surface area contributed by atoms with E-state index in [4.69, 9.17) is 11.6 Å². The van der Waals surface area contributed by atoms with E-state index in [1.54, 1.807) is 6.92 Å². The van der Waals surface area contributed by atoms with Crippen molar-refractivity contribution in [2.24, 2.45) is 0 Å². The van der Waals surface area contributed by atoms with Gasteiger partial charge in [-0.15, -0.1) is 5.10 Å². The number of aromatic nitrogens is 2. The monoisotopic (exact) mass is 317 g/mol. The van der Waals surface area contributed by atoms with Gasteiger partial charge >= 0.3 is 0 Å². The highest BCUT2D eigenvalue weighted by molar-refractivity contribution is 7.90. The molecule has 0 aliphatic rings. The molecule has 100 valence electrons. The van der Waals surface area contributed by atoms with Crippen molar-refractivity contribution in [2.45, 2.75) is 11.8 Å². The summed E-state index contributed by atoms with van der Waals surface area (Å²) in [6.07, 6.45) is 0. The Morgan fingerprint density at radius 1 is 1.32 bits per heavy atom. The van der Waals surface area contributed by atoms with Crippen LogP contribution in [0.25, 0.3) is 0 Å². The molecule has 1 aromatic heterocycles. The van der Waals surface area contributed by atoms with Crippen molar-refractivity contribution in [3.8, 4) is 0 Å². The third kappa shape index (κ3) is 3.09. The van der Waals surface area contributed by atoms with E-state index in [0.717, 1.165) is 11.5 Å². The van der Waals surface area contributed by atoms with Crippen LogP contribution < -0.4 is 4.72 Å². The zero-order valence-electron chi connectivity index (χ0n) is 9.62. The third-order valence-electron chi connectivity index (χ3n) is 2.21. The first-order valence-corrected chi connectivity index (χ1v) is 7.65. The molecule has 0 aliphatic heterocycles. The molecule has 0 unspecified atom stereocenters. The predicted octanol–water partition coefficient (Wildman–Crippen LogP) is 1.62. The van der Waals surface area contributed by atoms with Gasteiger partial charge < -0.3 is 0 Å². The SMILES string of the molecule is Cc1nnsc1C(=O)NS(=O)(=O)c1ccc(Cl)cc1. The van der Waals surface area contributed by atoms with Crippen molar-refractivity contribution in [1.82, 2.24) is 14.3 Å². The van der Waals surface area contributed by atoms with Crippen LogP contribution in [0.4, 0.5) is 0 Å². The molecule has 1 N–H and O–H groups in total. The number of carbonyl (C=O) groups is 1. The first-order valence-electron chi connectivity index (χ1n) is 5.02. The fourth-order valence-corrected chi connectivity index (χ4v) is 2.98. The first-order chi connectivity index (χ1) is 8.90. The third-order valence-corrected chi connectivity index (χ3v) is 4.63. The van der Waals surface area contributed by atoms with Gasteiger partial charge in [0, 0.05) is 5.02 Å². The van der Waals surface area contributed by atoms with E-state index in [0.29, 0.717) is 10.7 Å². The number of nitrogens with zero attached hydrogens (tertiary/aromatic N) is 2. The molecule has 0 bridgehead atoms. The van der Waals surface area contributed by atoms with Gasteiger partial charge in [0.25, 0.3) is 15.9 Å². The van der Waals surface area contributed by atoms with Crippen molar-refractivity contribution in [2.75, 3.05) is 0 Å². The van der Waals surface area contributed by atoms with Crippen LogP contribution >= 0.6 is 23.1 Å². The Kier molecular flexibility index (Phi) is 3.83. The number of carbonyl (C=O) groups excluding carboxylic acids is 1. The van der Waals surface area contributed by atoms with Crippen molar-refractivity contribution < 1.29 is 13.2 Å². The van der Waals surface area contributed by atoms with Gasteiger partial charge in [-0.25, -0.2) is 13.1 Å². The topological polar surface area (TPSA) is 89.0 Å². The van der Waals surface area contributed by atoms with Gasteiger partial charge in [0.05, 0.1) is 10.6 Å². The maximum absolute atomic E-state index is 11.9. The van der Waals surface area contributed by atoms with Crippen LogP contribution in [0.1, 0.15) is 15.4 Å². The molecule has 9 heteroatoms. The fourth-order valence-electron chi connectivity index (χ4n) is 1.28. The number of amides is 1. The Morgan fingerprint density at radius 2 is 1.95 bits per heavy atom. The summed E-state index contributed by atoms with van der Waals surface area (Å²) in [5, 5.41) is 4.06. The summed E-state index contributed by atoms with van der Waals surface area (Å²) in [7, 11) is -3.93. The van der Waals surface area contributed by atoms with Crippen LogP contribution in [0, 0.1) is 6.92 Å². The molecule has 0 spiro atoms. The maximum Gasteiger partial charge on any atom is 0.278 e. The van der Waals surface area contributed by atoms with Gasteiger partial charge in [0.15, 0.2) is 0 Å². The summed E-state index contributed by atoms with van der Waals surface area (Å²) in [5.74, 6) is -0.748. The minimum Gasteiger partial charge on any atom is -0.267 e. The van der Waals surface area contributed by atoms with E-state index < -0.39 is 15.9 Å². The van der Waals surface area contributed by atoms with Gasteiger partial charge in [-0.2, -0.15) is 0 Å². The van der Waals surface area contributed by atoms with Crippen LogP contribution in [-0.4, -0.2) is 23.9 Å². The standard InChI is InChI=1S/C10H8ClN3O3S2/c1-6-9(18-14-12-6)10(15)13-19(16,17)8-4-2-7(11)3-5-8/h2-5H,1H3,(H,13,15). The zero-order chi connectivity index (χ0) is 14.0. The van der Waals surface area contributed by atoms with E-state index in [2.05, 4.69) is 9.59 Å². The van der Waals surface area contributed by atoms with Gasteiger partial charge in [0.1, 0.15) is 4.88 Å². The Hall–Kier alpha value is -1.51. The van der Waals surface area contributed by atoms with E-state index >= 15 is 0 Å². The van der Waals surface area contributed by atoms with E-state index in [-0.39, 0.29) is 9.77 Å².